The van der Waals surface area contributed by atoms with Gasteiger partial charge < -0.3 is 4.42 Å². The lowest BCUT2D eigenvalue weighted by Crippen LogP contribution is -2.06. The van der Waals surface area contributed by atoms with Crippen molar-refractivity contribution >= 4 is 54.5 Å². The van der Waals surface area contributed by atoms with Crippen LogP contribution in [-0.2, 0) is 0 Å². The largest absolute Gasteiger partial charge is 0.455 e. The van der Waals surface area contributed by atoms with Crippen LogP contribution in [0, 0.1) is 0 Å². The molecule has 0 aliphatic rings. The predicted octanol–water partition coefficient (Wildman–Crippen LogP) is 11.0. The molecule has 0 amide bonds. The van der Waals surface area contributed by atoms with Crippen molar-refractivity contribution in [1.82, 2.24) is 19.5 Å². The lowest BCUT2D eigenvalue weighted by Gasteiger charge is -2.11. The second-order valence-electron chi connectivity index (χ2n) is 12.0. The molecular weight excluding hydrogens is 589 g/mol. The Bertz CT molecular complexity index is 2780. The average molecular weight is 615 g/mol. The van der Waals surface area contributed by atoms with Gasteiger partial charge in [-0.2, -0.15) is 9.97 Å². The fraction of sp³-hybridized carbons (Fsp3) is 0. The Hall–Kier alpha value is -6.59. The first-order chi connectivity index (χ1) is 23.8. The van der Waals surface area contributed by atoms with Crippen molar-refractivity contribution in [2.24, 2.45) is 0 Å². The molecule has 0 unspecified atom stereocenters. The number of rotatable bonds is 4. The second-order valence-corrected chi connectivity index (χ2v) is 12.0. The van der Waals surface area contributed by atoms with E-state index in [1.165, 1.54) is 16.2 Å². The molecule has 3 heterocycles. The van der Waals surface area contributed by atoms with Crippen LogP contribution in [0.2, 0.25) is 0 Å². The van der Waals surface area contributed by atoms with E-state index in [2.05, 4.69) is 89.5 Å². The van der Waals surface area contributed by atoms with Crippen molar-refractivity contribution < 1.29 is 4.42 Å². The molecule has 48 heavy (non-hydrogen) atoms. The third-order valence-corrected chi connectivity index (χ3v) is 9.26. The fourth-order valence-corrected chi connectivity index (χ4v) is 7.04. The van der Waals surface area contributed by atoms with Crippen LogP contribution in [0.15, 0.2) is 162 Å². The van der Waals surface area contributed by atoms with Crippen molar-refractivity contribution in [1.29, 1.82) is 0 Å². The number of fused-ring (bicyclic) bond motifs is 8. The van der Waals surface area contributed by atoms with E-state index in [0.717, 1.165) is 60.6 Å². The minimum atomic E-state index is 0.567. The monoisotopic (exact) mass is 614 g/mol. The van der Waals surface area contributed by atoms with E-state index in [1.807, 2.05) is 72.8 Å². The van der Waals surface area contributed by atoms with Crippen LogP contribution in [0.3, 0.4) is 0 Å². The molecule has 0 atom stereocenters. The molecule has 224 valence electrons. The quantitative estimate of drug-likeness (QED) is 0.198. The van der Waals surface area contributed by atoms with Crippen molar-refractivity contribution in [2.45, 2.75) is 0 Å². The number of aromatic nitrogens is 4. The highest BCUT2D eigenvalue weighted by molar-refractivity contribution is 6.22. The molecule has 0 aliphatic heterocycles. The summed E-state index contributed by atoms with van der Waals surface area (Å²) < 4.78 is 8.67. The Kier molecular flexibility index (Phi) is 5.81. The van der Waals surface area contributed by atoms with Crippen LogP contribution in [0.1, 0.15) is 0 Å². The molecule has 10 rings (SSSR count). The molecule has 0 fully saturated rings. The zero-order valence-corrected chi connectivity index (χ0v) is 25.7. The van der Waals surface area contributed by atoms with E-state index in [9.17, 15) is 0 Å². The maximum absolute atomic E-state index is 6.47. The van der Waals surface area contributed by atoms with Gasteiger partial charge in [0.2, 0.25) is 5.95 Å². The van der Waals surface area contributed by atoms with Gasteiger partial charge in [-0.3, -0.25) is 4.57 Å². The third kappa shape index (κ3) is 4.08. The molecule has 0 N–H and O–H groups in total. The number of hydrogen-bond acceptors (Lipinski definition) is 4. The number of furan rings is 1. The van der Waals surface area contributed by atoms with Crippen molar-refractivity contribution in [2.75, 3.05) is 0 Å². The van der Waals surface area contributed by atoms with Gasteiger partial charge in [0.25, 0.3) is 0 Å². The summed E-state index contributed by atoms with van der Waals surface area (Å²) in [6.45, 7) is 0. The maximum Gasteiger partial charge on any atom is 0.238 e. The molecule has 5 nitrogen and oxygen atoms in total. The second kappa shape index (κ2) is 10.5. The Morgan fingerprint density at radius 2 is 1.10 bits per heavy atom. The fourth-order valence-electron chi connectivity index (χ4n) is 7.04. The van der Waals surface area contributed by atoms with Gasteiger partial charge in [-0.1, -0.05) is 140 Å². The number of benzene rings is 7. The zero-order chi connectivity index (χ0) is 31.6. The number of para-hydroxylation sites is 2. The lowest BCUT2D eigenvalue weighted by molar-refractivity contribution is 0.670. The van der Waals surface area contributed by atoms with Gasteiger partial charge in [-0.25, -0.2) is 4.98 Å². The van der Waals surface area contributed by atoms with Gasteiger partial charge in [0.1, 0.15) is 11.2 Å². The van der Waals surface area contributed by atoms with Crippen LogP contribution in [0.5, 0.6) is 0 Å². The maximum atomic E-state index is 6.47. The highest BCUT2D eigenvalue weighted by atomic mass is 16.3. The molecule has 0 saturated carbocycles. The Labute approximate surface area is 275 Å². The minimum absolute atomic E-state index is 0.567. The summed E-state index contributed by atoms with van der Waals surface area (Å²) in [5, 5.41) is 6.89. The minimum Gasteiger partial charge on any atom is -0.455 e. The summed E-state index contributed by atoms with van der Waals surface area (Å²) in [5.41, 5.74) is 7.77. The summed E-state index contributed by atoms with van der Waals surface area (Å²) >= 11 is 0. The van der Waals surface area contributed by atoms with Gasteiger partial charge in [-0.05, 0) is 34.5 Å². The van der Waals surface area contributed by atoms with Crippen molar-refractivity contribution in [3.8, 4) is 39.9 Å². The first-order valence-corrected chi connectivity index (χ1v) is 16.0. The van der Waals surface area contributed by atoms with Gasteiger partial charge in [-0.15, -0.1) is 0 Å². The molecule has 0 saturated heterocycles. The lowest BCUT2D eigenvalue weighted by atomic mass is 9.99. The van der Waals surface area contributed by atoms with Crippen LogP contribution >= 0.6 is 0 Å². The van der Waals surface area contributed by atoms with Crippen LogP contribution in [-0.4, -0.2) is 19.5 Å². The summed E-state index contributed by atoms with van der Waals surface area (Å²) in [7, 11) is 0. The first-order valence-electron chi connectivity index (χ1n) is 16.0. The zero-order valence-electron chi connectivity index (χ0n) is 25.7. The molecule has 5 heteroatoms. The topological polar surface area (TPSA) is 56.7 Å². The molecular formula is C43H26N4O. The molecule has 0 aliphatic carbocycles. The average Bonchev–Trinajstić information content (AvgIpc) is 3.71. The SMILES string of the molecule is c1ccc(-c2nc(-c3ccccc3)nc(-n3c4cc(-c5cccc6c5oc5ccccc56)ccc4c4c5ccccc5ccc43)n2)cc1. The number of nitrogens with zero attached hydrogens (tertiary/aromatic N) is 4. The molecule has 7 aromatic carbocycles. The molecule has 10 aromatic rings. The summed E-state index contributed by atoms with van der Waals surface area (Å²) in [6.07, 6.45) is 0. The van der Waals surface area contributed by atoms with Crippen LogP contribution in [0.4, 0.5) is 0 Å². The number of hydrogen-bond donors (Lipinski definition) is 0. The van der Waals surface area contributed by atoms with Gasteiger partial charge in [0, 0.05) is 38.2 Å². The Balaban J connectivity index is 1.30. The van der Waals surface area contributed by atoms with Crippen LogP contribution < -0.4 is 0 Å². The van der Waals surface area contributed by atoms with Crippen molar-refractivity contribution in [3.63, 3.8) is 0 Å². The normalized spacial score (nSPS) is 11.8. The van der Waals surface area contributed by atoms with Gasteiger partial charge in [0.15, 0.2) is 11.6 Å². The summed E-state index contributed by atoms with van der Waals surface area (Å²) in [6, 6.07) is 54.4. The van der Waals surface area contributed by atoms with E-state index < -0.39 is 0 Å². The Morgan fingerprint density at radius 3 is 1.88 bits per heavy atom. The highest BCUT2D eigenvalue weighted by Gasteiger charge is 2.21. The van der Waals surface area contributed by atoms with Gasteiger partial charge in [0.05, 0.1) is 11.0 Å². The standard InChI is InChI=1S/C43H26N4O/c1-3-13-28(14-4-1)41-44-42(29-15-5-2-6-16-29)46-43(45-41)47-36-25-23-27-12-7-8-17-31(27)39(36)35-24-22-30(26-37(35)47)32-19-11-20-34-33-18-9-10-21-38(33)48-40(32)34/h1-26H. The summed E-state index contributed by atoms with van der Waals surface area (Å²) in [4.78, 5) is 15.3. The smallest absolute Gasteiger partial charge is 0.238 e. The van der Waals surface area contributed by atoms with E-state index in [1.54, 1.807) is 0 Å². The first kappa shape index (κ1) is 26.6. The molecule has 0 radical (unpaired) electrons. The van der Waals surface area contributed by atoms with Crippen molar-refractivity contribution in [3.05, 3.63) is 158 Å². The van der Waals surface area contributed by atoms with Crippen LogP contribution in [0.25, 0.3) is 94.4 Å². The highest BCUT2D eigenvalue weighted by Crippen LogP contribution is 2.41. The van der Waals surface area contributed by atoms with E-state index in [4.69, 9.17) is 19.4 Å². The molecule has 3 aromatic heterocycles. The predicted molar refractivity (Wildman–Crippen MR) is 195 cm³/mol. The molecule has 0 bridgehead atoms. The Morgan fingerprint density at radius 1 is 0.438 bits per heavy atom. The summed E-state index contributed by atoms with van der Waals surface area (Å²) in [5.74, 6) is 1.81. The molecule has 0 spiro atoms. The van der Waals surface area contributed by atoms with Gasteiger partial charge >= 0.3 is 0 Å². The van der Waals surface area contributed by atoms with E-state index in [0.29, 0.717) is 17.6 Å². The third-order valence-electron chi connectivity index (χ3n) is 9.26. The van der Waals surface area contributed by atoms with E-state index >= 15 is 0 Å². The van der Waals surface area contributed by atoms with E-state index in [-0.39, 0.29) is 0 Å².